The van der Waals surface area contributed by atoms with Crippen LogP contribution in [-0.2, 0) is 6.42 Å². The molecule has 0 spiro atoms. The molecule has 1 heterocycles. The minimum Gasteiger partial charge on any atom is -0.465 e. The summed E-state index contributed by atoms with van der Waals surface area (Å²) in [6, 6.07) is 9.79. The first-order valence-corrected chi connectivity index (χ1v) is 7.08. The molecule has 0 radical (unpaired) electrons. The van der Waals surface area contributed by atoms with Crippen LogP contribution >= 0.6 is 0 Å². The number of benzene rings is 1. The summed E-state index contributed by atoms with van der Waals surface area (Å²) in [4.78, 5) is 13.0. The van der Waals surface area contributed by atoms with Gasteiger partial charge in [-0.25, -0.2) is 4.79 Å². The first-order chi connectivity index (χ1) is 9.31. The highest BCUT2D eigenvalue weighted by Gasteiger charge is 2.59. The molecule has 0 saturated carbocycles. The Hall–Kier alpha value is -1.55. The lowest BCUT2D eigenvalue weighted by molar-refractivity contribution is -0.0685. The van der Waals surface area contributed by atoms with Gasteiger partial charge in [-0.05, 0) is 31.2 Å². The van der Waals surface area contributed by atoms with E-state index in [1.54, 1.807) is 6.92 Å². The Labute approximate surface area is 120 Å². The fourth-order valence-corrected chi connectivity index (χ4v) is 3.63. The van der Waals surface area contributed by atoms with Gasteiger partial charge in [0.15, 0.2) is 0 Å². The summed E-state index contributed by atoms with van der Waals surface area (Å²) in [7, 11) is 0. The molecule has 4 heteroatoms. The van der Waals surface area contributed by atoms with Gasteiger partial charge in [-0.2, -0.15) is 0 Å². The highest BCUT2D eigenvalue weighted by atomic mass is 16.4. The zero-order valence-corrected chi connectivity index (χ0v) is 12.3. The van der Waals surface area contributed by atoms with Gasteiger partial charge in [0.05, 0.1) is 11.1 Å². The van der Waals surface area contributed by atoms with Crippen molar-refractivity contribution < 1.29 is 15.0 Å². The maximum Gasteiger partial charge on any atom is 0.407 e. The molecule has 0 unspecified atom stereocenters. The highest BCUT2D eigenvalue weighted by Crippen LogP contribution is 2.45. The summed E-state index contributed by atoms with van der Waals surface area (Å²) in [5, 5.41) is 20.4. The molecule has 20 heavy (non-hydrogen) atoms. The molecule has 2 atom stereocenters. The van der Waals surface area contributed by atoms with Gasteiger partial charge in [0.25, 0.3) is 0 Å². The molecule has 1 aliphatic heterocycles. The van der Waals surface area contributed by atoms with Crippen LogP contribution in [0.3, 0.4) is 0 Å². The summed E-state index contributed by atoms with van der Waals surface area (Å²) in [6.45, 7) is 6.11. The summed E-state index contributed by atoms with van der Waals surface area (Å²) in [5.41, 5.74) is -0.745. The number of amides is 1. The van der Waals surface area contributed by atoms with Crippen molar-refractivity contribution in [3.63, 3.8) is 0 Å². The van der Waals surface area contributed by atoms with Gasteiger partial charge in [0, 0.05) is 6.54 Å². The Bertz CT molecular complexity index is 484. The monoisotopic (exact) mass is 277 g/mol. The quantitative estimate of drug-likeness (QED) is 0.893. The van der Waals surface area contributed by atoms with Gasteiger partial charge in [0.2, 0.25) is 0 Å². The van der Waals surface area contributed by atoms with Crippen LogP contribution in [-0.4, -0.2) is 38.9 Å². The van der Waals surface area contributed by atoms with Crippen LogP contribution < -0.4 is 0 Å². The Morgan fingerprint density at radius 2 is 1.95 bits per heavy atom. The molecule has 1 aromatic rings. The molecule has 0 aliphatic carbocycles. The van der Waals surface area contributed by atoms with Gasteiger partial charge in [0.1, 0.15) is 0 Å². The Morgan fingerprint density at radius 1 is 1.35 bits per heavy atom. The average Bonchev–Trinajstić information content (AvgIpc) is 2.63. The largest absolute Gasteiger partial charge is 0.465 e. The van der Waals surface area contributed by atoms with Crippen molar-refractivity contribution >= 4 is 6.09 Å². The Balaban J connectivity index is 2.48. The number of rotatable bonds is 3. The van der Waals surface area contributed by atoms with E-state index in [1.165, 1.54) is 4.90 Å². The van der Waals surface area contributed by atoms with E-state index >= 15 is 0 Å². The van der Waals surface area contributed by atoms with Crippen LogP contribution in [0.5, 0.6) is 0 Å². The van der Waals surface area contributed by atoms with Crippen molar-refractivity contribution in [1.29, 1.82) is 0 Å². The van der Waals surface area contributed by atoms with E-state index in [0.717, 1.165) is 5.56 Å². The van der Waals surface area contributed by atoms with Crippen molar-refractivity contribution in [2.75, 3.05) is 6.54 Å². The van der Waals surface area contributed by atoms with Crippen LogP contribution in [0, 0.1) is 5.92 Å². The minimum atomic E-state index is -1.02. The maximum atomic E-state index is 11.6. The standard InChI is InChI=1S/C16H23NO3/c1-12(2)16(11-13-7-5-4-6-8-13)15(3,20)9-10-17(16)14(18)19/h4-8,12,20H,9-11H2,1-3H3,(H,18,19)/t15-,16-/m0/s1. The lowest BCUT2D eigenvalue weighted by Crippen LogP contribution is -2.62. The topological polar surface area (TPSA) is 60.8 Å². The van der Waals surface area contributed by atoms with Crippen LogP contribution in [0.1, 0.15) is 32.8 Å². The summed E-state index contributed by atoms with van der Waals surface area (Å²) >= 11 is 0. The lowest BCUT2D eigenvalue weighted by atomic mass is 9.70. The van der Waals surface area contributed by atoms with Gasteiger partial charge in [-0.1, -0.05) is 44.2 Å². The summed E-state index contributed by atoms with van der Waals surface area (Å²) in [6.07, 6.45) is 0.0576. The van der Waals surface area contributed by atoms with E-state index in [1.807, 2.05) is 44.2 Å². The number of hydrogen-bond donors (Lipinski definition) is 2. The molecule has 0 aromatic heterocycles. The molecule has 1 aromatic carbocycles. The molecule has 1 saturated heterocycles. The van der Waals surface area contributed by atoms with E-state index in [9.17, 15) is 15.0 Å². The first-order valence-electron chi connectivity index (χ1n) is 7.08. The van der Waals surface area contributed by atoms with E-state index in [0.29, 0.717) is 19.4 Å². The zero-order chi connectivity index (χ0) is 15.0. The normalized spacial score (nSPS) is 29.9. The first kappa shape index (κ1) is 14.9. The van der Waals surface area contributed by atoms with Gasteiger partial charge in [-0.15, -0.1) is 0 Å². The molecule has 2 rings (SSSR count). The van der Waals surface area contributed by atoms with Crippen molar-refractivity contribution in [1.82, 2.24) is 4.90 Å². The van der Waals surface area contributed by atoms with Crippen molar-refractivity contribution in [2.45, 2.75) is 44.8 Å². The Morgan fingerprint density at radius 3 is 2.45 bits per heavy atom. The predicted molar refractivity (Wildman–Crippen MR) is 77.7 cm³/mol. The fraction of sp³-hybridized carbons (Fsp3) is 0.562. The molecular weight excluding hydrogens is 254 g/mol. The molecule has 1 aliphatic rings. The van der Waals surface area contributed by atoms with E-state index in [4.69, 9.17) is 0 Å². The molecule has 0 bridgehead atoms. The third-order valence-electron chi connectivity index (χ3n) is 4.74. The number of likely N-dealkylation sites (tertiary alicyclic amines) is 1. The SMILES string of the molecule is CC(C)[C@]1(Cc2ccccc2)N(C(=O)O)CC[C@]1(C)O. The third kappa shape index (κ3) is 2.18. The number of carboxylic acid groups (broad SMARTS) is 1. The summed E-state index contributed by atoms with van der Waals surface area (Å²) < 4.78 is 0. The number of nitrogens with zero attached hydrogens (tertiary/aromatic N) is 1. The number of carbonyl (C=O) groups is 1. The van der Waals surface area contributed by atoms with Crippen molar-refractivity contribution in [3.8, 4) is 0 Å². The van der Waals surface area contributed by atoms with E-state index in [2.05, 4.69) is 0 Å². The number of aliphatic hydroxyl groups is 1. The van der Waals surface area contributed by atoms with Crippen molar-refractivity contribution in [2.24, 2.45) is 5.92 Å². The molecule has 2 N–H and O–H groups in total. The second-order valence-corrected chi connectivity index (χ2v) is 6.20. The van der Waals surface area contributed by atoms with Crippen LogP contribution in [0.25, 0.3) is 0 Å². The maximum absolute atomic E-state index is 11.6. The second kappa shape index (κ2) is 5.09. The lowest BCUT2D eigenvalue weighted by Gasteiger charge is -2.47. The molecule has 110 valence electrons. The van der Waals surface area contributed by atoms with E-state index < -0.39 is 17.2 Å². The average molecular weight is 277 g/mol. The molecule has 1 fully saturated rings. The minimum absolute atomic E-state index is 0.0244. The fourth-order valence-electron chi connectivity index (χ4n) is 3.63. The predicted octanol–water partition coefficient (Wildman–Crippen LogP) is 2.76. The highest BCUT2D eigenvalue weighted by molar-refractivity contribution is 5.67. The molecule has 1 amide bonds. The summed E-state index contributed by atoms with van der Waals surface area (Å²) in [5.74, 6) is 0.0244. The Kier molecular flexibility index (Phi) is 3.78. The van der Waals surface area contributed by atoms with Gasteiger partial charge in [-0.3, -0.25) is 4.90 Å². The second-order valence-electron chi connectivity index (χ2n) is 6.20. The van der Waals surface area contributed by atoms with Crippen LogP contribution in [0.4, 0.5) is 4.79 Å². The van der Waals surface area contributed by atoms with Crippen LogP contribution in [0.2, 0.25) is 0 Å². The van der Waals surface area contributed by atoms with Crippen LogP contribution in [0.15, 0.2) is 30.3 Å². The number of hydrogen-bond acceptors (Lipinski definition) is 2. The smallest absolute Gasteiger partial charge is 0.407 e. The molecular formula is C16H23NO3. The third-order valence-corrected chi connectivity index (χ3v) is 4.74. The zero-order valence-electron chi connectivity index (χ0n) is 12.3. The van der Waals surface area contributed by atoms with Gasteiger partial charge >= 0.3 is 6.09 Å². The van der Waals surface area contributed by atoms with E-state index in [-0.39, 0.29) is 5.92 Å². The van der Waals surface area contributed by atoms with Gasteiger partial charge < -0.3 is 10.2 Å². The molecule has 4 nitrogen and oxygen atoms in total. The van der Waals surface area contributed by atoms with Crippen molar-refractivity contribution in [3.05, 3.63) is 35.9 Å².